The number of rotatable bonds is 3. The first-order chi connectivity index (χ1) is 8.13. The number of benzene rings is 1. The molecule has 6 heteroatoms. The molecule has 0 unspecified atom stereocenters. The van der Waals surface area contributed by atoms with Crippen molar-refractivity contribution in [1.82, 2.24) is 4.98 Å². The predicted octanol–water partition coefficient (Wildman–Crippen LogP) is 3.31. The van der Waals surface area contributed by atoms with Crippen LogP contribution in [0.1, 0.15) is 10.5 Å². The average molecular weight is 313 g/mol. The number of hydrogen-bond acceptors (Lipinski definition) is 4. The van der Waals surface area contributed by atoms with Gasteiger partial charge in [0.25, 0.3) is 0 Å². The van der Waals surface area contributed by atoms with Gasteiger partial charge in [0.05, 0.1) is 4.88 Å². The number of carbonyl (C=O) groups is 1. The Hall–Kier alpha value is -1.40. The molecule has 2 aromatic rings. The second kappa shape index (κ2) is 4.85. The number of halogens is 1. The molecule has 2 rings (SSSR count). The monoisotopic (exact) mass is 312 g/mol. The summed E-state index contributed by atoms with van der Waals surface area (Å²) in [5.74, 6) is -1.02. The topological polar surface area (TPSA) is 62.2 Å². The van der Waals surface area contributed by atoms with Crippen LogP contribution in [0.25, 0.3) is 10.4 Å². The number of aromatic nitrogens is 1. The summed E-state index contributed by atoms with van der Waals surface area (Å²) >= 11 is 4.74. The van der Waals surface area contributed by atoms with E-state index in [9.17, 15) is 4.79 Å². The molecule has 0 aliphatic heterocycles. The fourth-order valence-electron chi connectivity index (χ4n) is 1.40. The zero-order valence-corrected chi connectivity index (χ0v) is 11.3. The van der Waals surface area contributed by atoms with E-state index in [0.717, 1.165) is 10.0 Å². The third-order valence-corrected chi connectivity index (χ3v) is 3.96. The normalized spacial score (nSPS) is 10.2. The van der Waals surface area contributed by atoms with Crippen molar-refractivity contribution >= 4 is 38.4 Å². The predicted molar refractivity (Wildman–Crippen MR) is 71.8 cm³/mol. The highest BCUT2D eigenvalue weighted by Crippen LogP contribution is 2.36. The summed E-state index contributed by atoms with van der Waals surface area (Å²) in [6.45, 7) is 0. The third kappa shape index (κ3) is 2.32. The Morgan fingerprint density at radius 1 is 1.47 bits per heavy atom. The summed E-state index contributed by atoms with van der Waals surface area (Å²) in [7, 11) is 1.72. The van der Waals surface area contributed by atoms with E-state index in [2.05, 4.69) is 26.2 Å². The van der Waals surface area contributed by atoms with Crippen LogP contribution in [0.5, 0.6) is 0 Å². The maximum Gasteiger partial charge on any atom is 0.356 e. The zero-order chi connectivity index (χ0) is 12.4. The van der Waals surface area contributed by atoms with Crippen LogP contribution < -0.4 is 5.32 Å². The minimum Gasteiger partial charge on any atom is -0.476 e. The molecule has 0 bridgehead atoms. The Balaban J connectivity index is 2.62. The maximum absolute atomic E-state index is 11.1. The van der Waals surface area contributed by atoms with Crippen molar-refractivity contribution in [3.05, 3.63) is 34.4 Å². The molecule has 0 aliphatic carbocycles. The van der Waals surface area contributed by atoms with Crippen LogP contribution in [-0.2, 0) is 0 Å². The van der Waals surface area contributed by atoms with Crippen LogP contribution in [0.3, 0.4) is 0 Å². The molecule has 0 amide bonds. The van der Waals surface area contributed by atoms with E-state index in [1.807, 2.05) is 24.3 Å². The van der Waals surface area contributed by atoms with Crippen LogP contribution in [0.4, 0.5) is 5.13 Å². The zero-order valence-electron chi connectivity index (χ0n) is 8.90. The molecule has 17 heavy (non-hydrogen) atoms. The van der Waals surface area contributed by atoms with Gasteiger partial charge in [-0.2, -0.15) is 0 Å². The number of nitrogens with zero attached hydrogens (tertiary/aromatic N) is 1. The standard InChI is InChI=1S/C11H9BrN2O2S/c1-13-11-14-8(10(15)16)9(17-11)6-4-2-3-5-7(6)12/h2-5H,1H3,(H,13,14)(H,15,16). The van der Waals surface area contributed by atoms with Crippen molar-refractivity contribution in [2.24, 2.45) is 0 Å². The summed E-state index contributed by atoms with van der Waals surface area (Å²) < 4.78 is 0.855. The Morgan fingerprint density at radius 3 is 2.76 bits per heavy atom. The Bertz CT molecular complexity index is 568. The van der Waals surface area contributed by atoms with E-state index in [0.29, 0.717) is 10.0 Å². The van der Waals surface area contributed by atoms with Crippen molar-refractivity contribution in [1.29, 1.82) is 0 Å². The van der Waals surface area contributed by atoms with Crippen molar-refractivity contribution in [2.45, 2.75) is 0 Å². The SMILES string of the molecule is CNc1nc(C(=O)O)c(-c2ccccc2Br)s1. The second-order valence-corrected chi connectivity index (χ2v) is 5.09. The lowest BCUT2D eigenvalue weighted by Gasteiger charge is -2.01. The second-order valence-electron chi connectivity index (χ2n) is 3.23. The number of carboxylic acid groups (broad SMARTS) is 1. The van der Waals surface area contributed by atoms with Crippen molar-refractivity contribution < 1.29 is 9.90 Å². The van der Waals surface area contributed by atoms with Gasteiger partial charge in [-0.05, 0) is 6.07 Å². The fourth-order valence-corrected chi connectivity index (χ4v) is 2.96. The minimum atomic E-state index is -1.02. The minimum absolute atomic E-state index is 0.0752. The highest BCUT2D eigenvalue weighted by Gasteiger charge is 2.19. The number of carboxylic acids is 1. The fraction of sp³-hybridized carbons (Fsp3) is 0.0909. The van der Waals surface area contributed by atoms with E-state index in [4.69, 9.17) is 5.11 Å². The quantitative estimate of drug-likeness (QED) is 0.912. The van der Waals surface area contributed by atoms with E-state index in [-0.39, 0.29) is 5.69 Å². The van der Waals surface area contributed by atoms with Gasteiger partial charge < -0.3 is 10.4 Å². The summed E-state index contributed by atoms with van der Waals surface area (Å²) in [6.07, 6.45) is 0. The average Bonchev–Trinajstić information content (AvgIpc) is 2.73. The van der Waals surface area contributed by atoms with Crippen molar-refractivity contribution in [3.63, 3.8) is 0 Å². The molecule has 1 aromatic heterocycles. The molecule has 0 fully saturated rings. The first-order valence-corrected chi connectivity index (χ1v) is 6.41. The van der Waals surface area contributed by atoms with Crippen LogP contribution in [0, 0.1) is 0 Å². The molecule has 0 aliphatic rings. The van der Waals surface area contributed by atoms with Gasteiger partial charge in [0.2, 0.25) is 0 Å². The lowest BCUT2D eigenvalue weighted by molar-refractivity contribution is 0.0692. The lowest BCUT2D eigenvalue weighted by Crippen LogP contribution is -1.99. The molecule has 0 radical (unpaired) electrons. The molecule has 0 atom stereocenters. The molecule has 4 nitrogen and oxygen atoms in total. The molecule has 88 valence electrons. The van der Waals surface area contributed by atoms with Gasteiger partial charge in [0.15, 0.2) is 10.8 Å². The molecule has 0 saturated heterocycles. The summed E-state index contributed by atoms with van der Waals surface area (Å²) in [6, 6.07) is 7.49. The highest BCUT2D eigenvalue weighted by atomic mass is 79.9. The first kappa shape index (κ1) is 12.1. The number of thiazole rings is 1. The Kier molecular flexibility index (Phi) is 3.44. The third-order valence-electron chi connectivity index (χ3n) is 2.16. The van der Waals surface area contributed by atoms with Gasteiger partial charge >= 0.3 is 5.97 Å². The van der Waals surface area contributed by atoms with E-state index in [1.54, 1.807) is 7.05 Å². The highest BCUT2D eigenvalue weighted by molar-refractivity contribution is 9.10. The summed E-state index contributed by atoms with van der Waals surface area (Å²) in [5.41, 5.74) is 0.912. The molecule has 1 aromatic carbocycles. The van der Waals surface area contributed by atoms with Gasteiger partial charge in [-0.25, -0.2) is 9.78 Å². The molecular weight excluding hydrogens is 304 g/mol. The van der Waals surface area contributed by atoms with Crippen molar-refractivity contribution in [3.8, 4) is 10.4 Å². The molecule has 0 spiro atoms. The van der Waals surface area contributed by atoms with Gasteiger partial charge in [0.1, 0.15) is 0 Å². The first-order valence-electron chi connectivity index (χ1n) is 4.80. The smallest absolute Gasteiger partial charge is 0.356 e. The molecule has 0 saturated carbocycles. The van der Waals surface area contributed by atoms with E-state index < -0.39 is 5.97 Å². The maximum atomic E-state index is 11.1. The van der Waals surface area contributed by atoms with Gasteiger partial charge in [-0.1, -0.05) is 45.5 Å². The Labute approximate surface area is 110 Å². The van der Waals surface area contributed by atoms with Gasteiger partial charge in [-0.15, -0.1) is 0 Å². The summed E-state index contributed by atoms with van der Waals surface area (Å²) in [5, 5.41) is 12.6. The number of aromatic carboxylic acids is 1. The van der Waals surface area contributed by atoms with Crippen LogP contribution in [0.2, 0.25) is 0 Å². The number of anilines is 1. The molecule has 1 heterocycles. The summed E-state index contributed by atoms with van der Waals surface area (Å²) in [4.78, 5) is 15.8. The largest absolute Gasteiger partial charge is 0.476 e. The van der Waals surface area contributed by atoms with Crippen LogP contribution >= 0.6 is 27.3 Å². The van der Waals surface area contributed by atoms with Crippen molar-refractivity contribution in [2.75, 3.05) is 12.4 Å². The number of hydrogen-bond donors (Lipinski definition) is 2. The van der Waals surface area contributed by atoms with Gasteiger partial charge in [0, 0.05) is 17.1 Å². The van der Waals surface area contributed by atoms with Crippen LogP contribution in [0.15, 0.2) is 28.7 Å². The van der Waals surface area contributed by atoms with Gasteiger partial charge in [-0.3, -0.25) is 0 Å². The lowest BCUT2D eigenvalue weighted by atomic mass is 10.1. The number of nitrogens with one attached hydrogen (secondary N) is 1. The Morgan fingerprint density at radius 2 is 2.18 bits per heavy atom. The van der Waals surface area contributed by atoms with E-state index in [1.165, 1.54) is 11.3 Å². The molecular formula is C11H9BrN2O2S. The van der Waals surface area contributed by atoms with Crippen LogP contribution in [-0.4, -0.2) is 23.1 Å². The van der Waals surface area contributed by atoms with E-state index >= 15 is 0 Å². The molecule has 2 N–H and O–H groups in total.